The fourth-order valence-electron chi connectivity index (χ4n) is 1.57. The van der Waals surface area contributed by atoms with Crippen LogP contribution in [-0.4, -0.2) is 36.3 Å². The Morgan fingerprint density at radius 1 is 1.40 bits per heavy atom. The Morgan fingerprint density at radius 2 is 2.07 bits per heavy atom. The van der Waals surface area contributed by atoms with Gasteiger partial charge in [0.25, 0.3) is 0 Å². The van der Waals surface area contributed by atoms with Crippen molar-refractivity contribution in [1.29, 1.82) is 0 Å². The molecule has 4 nitrogen and oxygen atoms in total. The first-order valence-electron chi connectivity index (χ1n) is 5.58. The number of amides is 2. The SMILES string of the molecule is CC(C)C(C)C(=O)N1CCCNC(=O)C1. The molecule has 0 spiro atoms. The zero-order valence-corrected chi connectivity index (χ0v) is 9.75. The minimum Gasteiger partial charge on any atom is -0.354 e. The van der Waals surface area contributed by atoms with Crippen LogP contribution in [0.5, 0.6) is 0 Å². The number of carbonyl (C=O) groups is 2. The maximum Gasteiger partial charge on any atom is 0.239 e. The molecule has 86 valence electrons. The van der Waals surface area contributed by atoms with E-state index >= 15 is 0 Å². The highest BCUT2D eigenvalue weighted by molar-refractivity contribution is 5.86. The van der Waals surface area contributed by atoms with Crippen molar-refractivity contribution in [3.63, 3.8) is 0 Å². The van der Waals surface area contributed by atoms with Gasteiger partial charge in [0.1, 0.15) is 0 Å². The van der Waals surface area contributed by atoms with Gasteiger partial charge in [-0.1, -0.05) is 20.8 Å². The number of hydrogen-bond donors (Lipinski definition) is 1. The predicted octanol–water partition coefficient (Wildman–Crippen LogP) is 0.627. The summed E-state index contributed by atoms with van der Waals surface area (Å²) in [5, 5.41) is 2.76. The molecule has 1 fully saturated rings. The lowest BCUT2D eigenvalue weighted by atomic mass is 9.96. The quantitative estimate of drug-likeness (QED) is 0.729. The van der Waals surface area contributed by atoms with Crippen molar-refractivity contribution < 1.29 is 9.59 Å². The number of carbonyl (C=O) groups excluding carboxylic acids is 2. The van der Waals surface area contributed by atoms with E-state index < -0.39 is 0 Å². The Kier molecular flexibility index (Phi) is 4.12. The van der Waals surface area contributed by atoms with Gasteiger partial charge in [0, 0.05) is 19.0 Å². The summed E-state index contributed by atoms with van der Waals surface area (Å²) in [6, 6.07) is 0. The van der Waals surface area contributed by atoms with Gasteiger partial charge in [-0.15, -0.1) is 0 Å². The molecule has 0 aromatic rings. The van der Waals surface area contributed by atoms with E-state index in [4.69, 9.17) is 0 Å². The molecule has 15 heavy (non-hydrogen) atoms. The van der Waals surface area contributed by atoms with Crippen molar-refractivity contribution in [2.24, 2.45) is 11.8 Å². The molecule has 0 saturated carbocycles. The Labute approximate surface area is 91.0 Å². The van der Waals surface area contributed by atoms with Crippen LogP contribution in [-0.2, 0) is 9.59 Å². The average molecular weight is 212 g/mol. The second kappa shape index (κ2) is 5.14. The van der Waals surface area contributed by atoms with E-state index in [-0.39, 0.29) is 24.3 Å². The molecule has 1 heterocycles. The van der Waals surface area contributed by atoms with Crippen LogP contribution in [0.1, 0.15) is 27.2 Å². The Hall–Kier alpha value is -1.06. The van der Waals surface area contributed by atoms with Crippen molar-refractivity contribution in [3.8, 4) is 0 Å². The van der Waals surface area contributed by atoms with Gasteiger partial charge in [0.2, 0.25) is 11.8 Å². The van der Waals surface area contributed by atoms with Gasteiger partial charge in [-0.3, -0.25) is 9.59 Å². The van der Waals surface area contributed by atoms with E-state index in [0.717, 1.165) is 6.42 Å². The maximum atomic E-state index is 12.0. The molecule has 4 heteroatoms. The molecule has 0 aromatic carbocycles. The lowest BCUT2D eigenvalue weighted by molar-refractivity contribution is -0.139. The van der Waals surface area contributed by atoms with Crippen LogP contribution in [0.3, 0.4) is 0 Å². The maximum absolute atomic E-state index is 12.0. The Bertz CT molecular complexity index is 251. The molecule has 0 bridgehead atoms. The molecule has 1 atom stereocenters. The topological polar surface area (TPSA) is 49.4 Å². The molecule has 1 rings (SSSR count). The summed E-state index contributed by atoms with van der Waals surface area (Å²) in [5.74, 6) is 0.374. The molecule has 0 radical (unpaired) electrons. The standard InChI is InChI=1S/C11H20N2O2/c1-8(2)9(3)11(15)13-6-4-5-12-10(14)7-13/h8-9H,4-7H2,1-3H3,(H,12,14). The van der Waals surface area contributed by atoms with Crippen LogP contribution in [0.4, 0.5) is 0 Å². The van der Waals surface area contributed by atoms with E-state index in [1.54, 1.807) is 4.90 Å². The van der Waals surface area contributed by atoms with Gasteiger partial charge >= 0.3 is 0 Å². The third kappa shape index (κ3) is 3.22. The van der Waals surface area contributed by atoms with E-state index in [1.165, 1.54) is 0 Å². The minimum atomic E-state index is -0.0446. The van der Waals surface area contributed by atoms with E-state index in [9.17, 15) is 9.59 Å². The zero-order valence-electron chi connectivity index (χ0n) is 9.75. The molecule has 0 aromatic heterocycles. The van der Waals surface area contributed by atoms with Gasteiger partial charge in [-0.2, -0.15) is 0 Å². The lowest BCUT2D eigenvalue weighted by Gasteiger charge is -2.24. The number of rotatable bonds is 2. The normalized spacial score (nSPS) is 19.7. The Balaban J connectivity index is 2.61. The number of nitrogens with one attached hydrogen (secondary N) is 1. The highest BCUT2D eigenvalue weighted by Crippen LogP contribution is 2.14. The molecule has 2 amide bonds. The predicted molar refractivity (Wildman–Crippen MR) is 58.2 cm³/mol. The molecule has 0 aliphatic carbocycles. The van der Waals surface area contributed by atoms with Crippen molar-refractivity contribution in [2.45, 2.75) is 27.2 Å². The third-order valence-electron chi connectivity index (χ3n) is 2.96. The molecule has 1 aliphatic heterocycles. The van der Waals surface area contributed by atoms with Crippen LogP contribution in [0.15, 0.2) is 0 Å². The first-order chi connectivity index (χ1) is 7.02. The first kappa shape index (κ1) is 12.0. The summed E-state index contributed by atoms with van der Waals surface area (Å²) in [6.07, 6.45) is 0.849. The summed E-state index contributed by atoms with van der Waals surface area (Å²) in [7, 11) is 0. The summed E-state index contributed by atoms with van der Waals surface area (Å²) >= 11 is 0. The lowest BCUT2D eigenvalue weighted by Crippen LogP contribution is -2.41. The summed E-state index contributed by atoms with van der Waals surface area (Å²) in [4.78, 5) is 24.9. The van der Waals surface area contributed by atoms with Crippen LogP contribution in [0.2, 0.25) is 0 Å². The molecular formula is C11H20N2O2. The van der Waals surface area contributed by atoms with E-state index in [1.807, 2.05) is 20.8 Å². The molecule has 1 aliphatic rings. The van der Waals surface area contributed by atoms with E-state index in [2.05, 4.69) is 5.32 Å². The smallest absolute Gasteiger partial charge is 0.239 e. The minimum absolute atomic E-state index is 0.00380. The van der Waals surface area contributed by atoms with Crippen molar-refractivity contribution >= 4 is 11.8 Å². The van der Waals surface area contributed by atoms with Gasteiger partial charge in [0.05, 0.1) is 6.54 Å². The van der Waals surface area contributed by atoms with Crippen LogP contribution in [0.25, 0.3) is 0 Å². The molecule has 1 saturated heterocycles. The van der Waals surface area contributed by atoms with Gasteiger partial charge < -0.3 is 10.2 Å². The van der Waals surface area contributed by atoms with E-state index in [0.29, 0.717) is 19.0 Å². The third-order valence-corrected chi connectivity index (χ3v) is 2.96. The molecule has 1 N–H and O–H groups in total. The largest absolute Gasteiger partial charge is 0.354 e. The zero-order chi connectivity index (χ0) is 11.4. The van der Waals surface area contributed by atoms with Gasteiger partial charge in [-0.25, -0.2) is 0 Å². The molecular weight excluding hydrogens is 192 g/mol. The first-order valence-corrected chi connectivity index (χ1v) is 5.58. The van der Waals surface area contributed by atoms with Crippen LogP contribution < -0.4 is 5.32 Å². The summed E-state index contributed by atoms with van der Waals surface area (Å²) in [6.45, 7) is 7.57. The van der Waals surface area contributed by atoms with Crippen molar-refractivity contribution in [3.05, 3.63) is 0 Å². The highest BCUT2D eigenvalue weighted by Gasteiger charge is 2.25. The number of nitrogens with zero attached hydrogens (tertiary/aromatic N) is 1. The highest BCUT2D eigenvalue weighted by atomic mass is 16.2. The monoisotopic (exact) mass is 212 g/mol. The summed E-state index contributed by atoms with van der Waals surface area (Å²) in [5.41, 5.74) is 0. The van der Waals surface area contributed by atoms with Crippen LogP contribution >= 0.6 is 0 Å². The summed E-state index contributed by atoms with van der Waals surface area (Å²) < 4.78 is 0. The fraction of sp³-hybridized carbons (Fsp3) is 0.818. The average Bonchev–Trinajstić information content (AvgIpc) is 2.40. The fourth-order valence-corrected chi connectivity index (χ4v) is 1.57. The number of hydrogen-bond acceptors (Lipinski definition) is 2. The van der Waals surface area contributed by atoms with Crippen molar-refractivity contribution in [1.82, 2.24) is 10.2 Å². The molecule has 1 unspecified atom stereocenters. The van der Waals surface area contributed by atoms with Crippen LogP contribution in [0, 0.1) is 11.8 Å². The second-order valence-electron chi connectivity index (χ2n) is 4.50. The van der Waals surface area contributed by atoms with Gasteiger partial charge in [0.15, 0.2) is 0 Å². The Morgan fingerprint density at radius 3 is 2.67 bits per heavy atom. The second-order valence-corrected chi connectivity index (χ2v) is 4.50. The van der Waals surface area contributed by atoms with Crippen molar-refractivity contribution in [2.75, 3.05) is 19.6 Å². The van der Waals surface area contributed by atoms with Gasteiger partial charge in [-0.05, 0) is 12.3 Å².